The van der Waals surface area contributed by atoms with E-state index in [2.05, 4.69) is 6.07 Å². The molecule has 0 aliphatic carbocycles. The summed E-state index contributed by atoms with van der Waals surface area (Å²) in [6.45, 7) is 1.23. The number of nitrogens with two attached hydrogens (primary N) is 1. The van der Waals surface area contributed by atoms with Crippen molar-refractivity contribution in [3.63, 3.8) is 0 Å². The maximum absolute atomic E-state index is 11.7. The number of nitrogens with zero attached hydrogens (tertiary/aromatic N) is 3. The molecule has 2 N–H and O–H groups in total. The van der Waals surface area contributed by atoms with E-state index in [1.807, 2.05) is 24.1 Å². The van der Waals surface area contributed by atoms with Crippen LogP contribution in [0.1, 0.15) is 5.56 Å². The fraction of sp³-hybridized carbons (Fsp3) is 0.200. The number of nitrogen functional groups attached to an aromatic ring is 1. The molecular weight excluding hydrogens is 252 g/mol. The zero-order valence-electron chi connectivity index (χ0n) is 11.3. The molecule has 0 unspecified atom stereocenters. The van der Waals surface area contributed by atoms with E-state index in [1.54, 1.807) is 29.0 Å². The Balaban J connectivity index is 2.04. The van der Waals surface area contributed by atoms with Crippen molar-refractivity contribution in [3.05, 3.63) is 58.5 Å². The van der Waals surface area contributed by atoms with Gasteiger partial charge < -0.3 is 15.2 Å². The molecule has 1 aromatic carbocycles. The molecule has 1 aromatic heterocycles. The predicted octanol–water partition coefficient (Wildman–Crippen LogP) is 1.44. The predicted molar refractivity (Wildman–Crippen MR) is 79.5 cm³/mol. The molecule has 0 saturated carbocycles. The maximum Gasteiger partial charge on any atom is 0.250 e. The Morgan fingerprint density at radius 1 is 1.25 bits per heavy atom. The highest BCUT2D eigenvalue weighted by Gasteiger charge is 2.02. The van der Waals surface area contributed by atoms with E-state index in [1.165, 1.54) is 6.07 Å². The summed E-state index contributed by atoms with van der Waals surface area (Å²) in [5.74, 6) is 0. The minimum Gasteiger partial charge on any atom is -0.398 e. The topological polar surface area (TPSA) is 75.0 Å². The summed E-state index contributed by atoms with van der Waals surface area (Å²) in [6.07, 6.45) is 1.65. The monoisotopic (exact) mass is 268 g/mol. The van der Waals surface area contributed by atoms with E-state index in [4.69, 9.17) is 11.0 Å². The number of pyridine rings is 1. The lowest BCUT2D eigenvalue weighted by atomic mass is 10.2. The molecule has 2 aromatic rings. The smallest absolute Gasteiger partial charge is 0.250 e. The third-order valence-electron chi connectivity index (χ3n) is 3.12. The van der Waals surface area contributed by atoms with Crippen LogP contribution in [-0.2, 0) is 6.54 Å². The highest BCUT2D eigenvalue weighted by atomic mass is 16.1. The Bertz CT molecular complexity index is 682. The molecule has 2 rings (SSSR count). The van der Waals surface area contributed by atoms with Crippen molar-refractivity contribution in [2.75, 3.05) is 24.2 Å². The molecule has 0 amide bonds. The van der Waals surface area contributed by atoms with E-state index in [9.17, 15) is 4.79 Å². The highest BCUT2D eigenvalue weighted by Crippen LogP contribution is 2.13. The van der Waals surface area contributed by atoms with Gasteiger partial charge in [-0.2, -0.15) is 5.26 Å². The van der Waals surface area contributed by atoms with Crippen molar-refractivity contribution in [1.82, 2.24) is 4.57 Å². The summed E-state index contributed by atoms with van der Waals surface area (Å²) in [4.78, 5) is 13.7. The second-order valence-corrected chi connectivity index (χ2v) is 4.57. The van der Waals surface area contributed by atoms with Crippen LogP contribution in [-0.4, -0.2) is 18.2 Å². The number of rotatable bonds is 4. The molecule has 5 heteroatoms. The van der Waals surface area contributed by atoms with Gasteiger partial charge in [-0.15, -0.1) is 0 Å². The largest absolute Gasteiger partial charge is 0.398 e. The van der Waals surface area contributed by atoms with Gasteiger partial charge in [-0.1, -0.05) is 0 Å². The Labute approximate surface area is 117 Å². The number of hydrogen-bond acceptors (Lipinski definition) is 4. The summed E-state index contributed by atoms with van der Waals surface area (Å²) in [6, 6.07) is 12.5. The second-order valence-electron chi connectivity index (χ2n) is 4.57. The minimum absolute atomic E-state index is 0.0626. The molecular formula is C15H16N4O. The molecule has 1 heterocycles. The van der Waals surface area contributed by atoms with E-state index in [0.29, 0.717) is 24.3 Å². The van der Waals surface area contributed by atoms with Crippen LogP contribution in [0.5, 0.6) is 0 Å². The normalized spacial score (nSPS) is 10.0. The van der Waals surface area contributed by atoms with Gasteiger partial charge in [0.2, 0.25) is 0 Å². The molecule has 0 radical (unpaired) electrons. The van der Waals surface area contributed by atoms with Crippen molar-refractivity contribution < 1.29 is 0 Å². The van der Waals surface area contributed by atoms with Crippen LogP contribution in [0.4, 0.5) is 11.4 Å². The van der Waals surface area contributed by atoms with E-state index >= 15 is 0 Å². The van der Waals surface area contributed by atoms with Gasteiger partial charge in [0.15, 0.2) is 0 Å². The Hall–Kier alpha value is -2.74. The van der Waals surface area contributed by atoms with Gasteiger partial charge in [0.1, 0.15) is 0 Å². The summed E-state index contributed by atoms with van der Waals surface area (Å²) in [7, 11) is 1.94. The molecule has 0 bridgehead atoms. The average Bonchev–Trinajstić information content (AvgIpc) is 2.48. The summed E-state index contributed by atoms with van der Waals surface area (Å²) < 4.78 is 1.59. The van der Waals surface area contributed by atoms with Crippen molar-refractivity contribution in [3.8, 4) is 6.07 Å². The molecule has 0 spiro atoms. The lowest BCUT2D eigenvalue weighted by molar-refractivity contribution is 0.662. The van der Waals surface area contributed by atoms with Gasteiger partial charge in [0.05, 0.1) is 11.6 Å². The van der Waals surface area contributed by atoms with E-state index in [0.717, 1.165) is 5.69 Å². The fourth-order valence-corrected chi connectivity index (χ4v) is 1.90. The molecule has 0 atom stereocenters. The summed E-state index contributed by atoms with van der Waals surface area (Å²) in [5.41, 5.74) is 7.82. The first-order valence-corrected chi connectivity index (χ1v) is 6.27. The number of anilines is 2. The van der Waals surface area contributed by atoms with Gasteiger partial charge in [0, 0.05) is 43.8 Å². The lowest BCUT2D eigenvalue weighted by Gasteiger charge is -2.20. The highest BCUT2D eigenvalue weighted by molar-refractivity contribution is 5.48. The molecule has 0 saturated heterocycles. The molecule has 0 aliphatic rings. The average molecular weight is 268 g/mol. The molecule has 20 heavy (non-hydrogen) atoms. The first-order chi connectivity index (χ1) is 9.60. The van der Waals surface area contributed by atoms with Gasteiger partial charge in [-0.25, -0.2) is 0 Å². The third kappa shape index (κ3) is 3.18. The van der Waals surface area contributed by atoms with Crippen LogP contribution >= 0.6 is 0 Å². The maximum atomic E-state index is 11.7. The van der Waals surface area contributed by atoms with Crippen LogP contribution in [0.2, 0.25) is 0 Å². The van der Waals surface area contributed by atoms with Gasteiger partial charge >= 0.3 is 0 Å². The van der Waals surface area contributed by atoms with Crippen LogP contribution in [0, 0.1) is 11.3 Å². The summed E-state index contributed by atoms with van der Waals surface area (Å²) in [5, 5.41) is 8.76. The SMILES string of the molecule is CN(CCn1cc(N)ccc1=O)c1ccc(C#N)cc1. The number of nitriles is 1. The molecule has 0 fully saturated rings. The zero-order chi connectivity index (χ0) is 14.5. The Morgan fingerprint density at radius 3 is 2.60 bits per heavy atom. The van der Waals surface area contributed by atoms with Crippen molar-refractivity contribution in [2.45, 2.75) is 6.54 Å². The molecule has 102 valence electrons. The van der Waals surface area contributed by atoms with Gasteiger partial charge in [-0.05, 0) is 30.3 Å². The Kier molecular flexibility index (Phi) is 4.06. The fourth-order valence-electron chi connectivity index (χ4n) is 1.90. The van der Waals surface area contributed by atoms with Crippen molar-refractivity contribution in [2.24, 2.45) is 0 Å². The number of hydrogen-bond donors (Lipinski definition) is 1. The molecule has 5 nitrogen and oxygen atoms in total. The number of likely N-dealkylation sites (N-methyl/N-ethyl adjacent to an activating group) is 1. The van der Waals surface area contributed by atoms with Crippen LogP contribution in [0.3, 0.4) is 0 Å². The first kappa shape index (κ1) is 13.7. The molecule has 0 aliphatic heterocycles. The standard InChI is InChI=1S/C15H16N4O/c1-18(14-5-2-12(10-16)3-6-14)8-9-19-11-13(17)4-7-15(19)20/h2-7,11H,8-9,17H2,1H3. The minimum atomic E-state index is -0.0626. The number of aromatic nitrogens is 1. The first-order valence-electron chi connectivity index (χ1n) is 6.27. The summed E-state index contributed by atoms with van der Waals surface area (Å²) >= 11 is 0. The third-order valence-corrected chi connectivity index (χ3v) is 3.12. The quantitative estimate of drug-likeness (QED) is 0.910. The zero-order valence-corrected chi connectivity index (χ0v) is 11.3. The van der Waals surface area contributed by atoms with Crippen molar-refractivity contribution >= 4 is 11.4 Å². The van der Waals surface area contributed by atoms with Gasteiger partial charge in [-0.3, -0.25) is 4.79 Å². The van der Waals surface area contributed by atoms with Gasteiger partial charge in [0.25, 0.3) is 5.56 Å². The second kappa shape index (κ2) is 5.93. The Morgan fingerprint density at radius 2 is 1.95 bits per heavy atom. The van der Waals surface area contributed by atoms with Crippen molar-refractivity contribution in [1.29, 1.82) is 5.26 Å². The van der Waals surface area contributed by atoms with Crippen LogP contribution in [0.25, 0.3) is 0 Å². The van der Waals surface area contributed by atoms with Crippen LogP contribution < -0.4 is 16.2 Å². The van der Waals surface area contributed by atoms with E-state index in [-0.39, 0.29) is 5.56 Å². The number of benzene rings is 1. The van der Waals surface area contributed by atoms with Crippen LogP contribution in [0.15, 0.2) is 47.4 Å². The van der Waals surface area contributed by atoms with E-state index < -0.39 is 0 Å². The lowest BCUT2D eigenvalue weighted by Crippen LogP contribution is -2.28.